The van der Waals surface area contributed by atoms with Crippen LogP contribution >= 0.6 is 11.3 Å². The Hall–Kier alpha value is -1.27. The molecule has 1 N–H and O–H groups in total. The zero-order valence-corrected chi connectivity index (χ0v) is 15.1. The summed E-state index contributed by atoms with van der Waals surface area (Å²) in [6.45, 7) is 4.84. The minimum absolute atomic E-state index is 0.726. The van der Waals surface area contributed by atoms with Crippen LogP contribution < -0.4 is 0 Å². The Bertz CT molecular complexity index is 706. The molecule has 1 saturated heterocycles. The fourth-order valence-electron chi connectivity index (χ4n) is 3.72. The Kier molecular flexibility index (Phi) is 4.43. The number of thiazole rings is 1. The topological polar surface area (TPSA) is 39.6 Å². The molecule has 4 nitrogen and oxygen atoms in total. The Morgan fingerprint density at radius 2 is 1.92 bits per heavy atom. The average molecular weight is 343 g/mol. The van der Waals surface area contributed by atoms with E-state index in [9.17, 15) is 5.11 Å². The second kappa shape index (κ2) is 6.56. The van der Waals surface area contributed by atoms with E-state index in [2.05, 4.69) is 46.5 Å². The molecule has 0 saturated carbocycles. The summed E-state index contributed by atoms with van der Waals surface area (Å²) in [4.78, 5) is 9.52. The molecule has 5 heteroatoms. The number of hydrogen-bond acceptors (Lipinski definition) is 5. The van der Waals surface area contributed by atoms with Gasteiger partial charge in [-0.2, -0.15) is 0 Å². The van der Waals surface area contributed by atoms with Crippen LogP contribution in [0.2, 0.25) is 0 Å². The first-order valence-electron chi connectivity index (χ1n) is 8.77. The lowest BCUT2D eigenvalue weighted by Gasteiger charge is -2.35. The quantitative estimate of drug-likeness (QED) is 0.930. The van der Waals surface area contributed by atoms with Crippen LogP contribution in [0.5, 0.6) is 0 Å². The molecule has 0 spiro atoms. The number of likely N-dealkylation sites (tertiary alicyclic amines) is 1. The molecular weight excluding hydrogens is 318 g/mol. The van der Waals surface area contributed by atoms with Crippen LogP contribution in [0.25, 0.3) is 0 Å². The summed E-state index contributed by atoms with van der Waals surface area (Å²) in [6, 6.07) is 8.73. The fourth-order valence-corrected chi connectivity index (χ4v) is 4.65. The van der Waals surface area contributed by atoms with Crippen molar-refractivity contribution in [3.05, 3.63) is 51.5 Å². The third-order valence-electron chi connectivity index (χ3n) is 5.41. The van der Waals surface area contributed by atoms with Gasteiger partial charge in [-0.25, -0.2) is 4.98 Å². The zero-order chi connectivity index (χ0) is 16.6. The summed E-state index contributed by atoms with van der Waals surface area (Å²) in [5.41, 5.74) is 3.08. The predicted molar refractivity (Wildman–Crippen MR) is 97.0 cm³/mol. The fraction of sp³-hybridized carbons (Fsp3) is 0.526. The Morgan fingerprint density at radius 1 is 1.17 bits per heavy atom. The monoisotopic (exact) mass is 343 g/mol. The normalized spacial score (nSPS) is 21.6. The molecule has 0 aliphatic carbocycles. The second-order valence-electron chi connectivity index (χ2n) is 7.19. The van der Waals surface area contributed by atoms with Crippen molar-refractivity contribution in [2.24, 2.45) is 0 Å². The van der Waals surface area contributed by atoms with Gasteiger partial charge in [0.1, 0.15) is 10.6 Å². The predicted octanol–water partition coefficient (Wildman–Crippen LogP) is 2.61. The lowest BCUT2D eigenvalue weighted by molar-refractivity contribution is -0.0235. The molecule has 0 unspecified atom stereocenters. The van der Waals surface area contributed by atoms with Crippen LogP contribution in [0, 0.1) is 0 Å². The van der Waals surface area contributed by atoms with Gasteiger partial charge in [-0.15, -0.1) is 11.3 Å². The van der Waals surface area contributed by atoms with Gasteiger partial charge in [-0.05, 0) is 37.4 Å². The molecular formula is C19H25N3OS. The lowest BCUT2D eigenvalue weighted by atomic mass is 9.89. The van der Waals surface area contributed by atoms with E-state index in [-0.39, 0.29) is 0 Å². The molecule has 24 heavy (non-hydrogen) atoms. The van der Waals surface area contributed by atoms with E-state index in [4.69, 9.17) is 4.98 Å². The first-order chi connectivity index (χ1) is 11.6. The smallest absolute Gasteiger partial charge is 0.110 e. The molecule has 0 bridgehead atoms. The van der Waals surface area contributed by atoms with E-state index in [0.717, 1.165) is 62.7 Å². The highest BCUT2D eigenvalue weighted by Crippen LogP contribution is 2.33. The maximum absolute atomic E-state index is 10.9. The zero-order valence-electron chi connectivity index (χ0n) is 14.2. The molecule has 1 fully saturated rings. The molecule has 3 heterocycles. The Balaban J connectivity index is 1.43. The van der Waals surface area contributed by atoms with Gasteiger partial charge in [0.05, 0.1) is 12.2 Å². The highest BCUT2D eigenvalue weighted by Gasteiger charge is 2.35. The van der Waals surface area contributed by atoms with Gasteiger partial charge in [-0.1, -0.05) is 24.3 Å². The standard InChI is InChI=1S/C19H25N3OS/c1-21-10-7-19(23,8-11-21)17-14-24-18(20-17)13-22-9-6-15-4-2-3-5-16(15)12-22/h2-5,14,23H,6-13H2,1H3. The Morgan fingerprint density at radius 3 is 2.71 bits per heavy atom. The first kappa shape index (κ1) is 16.2. The molecule has 2 aromatic rings. The largest absolute Gasteiger partial charge is 0.383 e. The number of aromatic nitrogens is 1. The molecule has 4 rings (SSSR count). The van der Waals surface area contributed by atoms with Gasteiger partial charge < -0.3 is 10.0 Å². The third kappa shape index (κ3) is 3.26. The maximum atomic E-state index is 10.9. The molecule has 0 atom stereocenters. The van der Waals surface area contributed by atoms with E-state index < -0.39 is 5.60 Å². The summed E-state index contributed by atoms with van der Waals surface area (Å²) in [5.74, 6) is 0. The minimum atomic E-state index is -0.726. The summed E-state index contributed by atoms with van der Waals surface area (Å²) in [6.07, 6.45) is 2.68. The van der Waals surface area contributed by atoms with Crippen molar-refractivity contribution in [1.82, 2.24) is 14.8 Å². The molecule has 0 amide bonds. The molecule has 2 aliphatic rings. The van der Waals surface area contributed by atoms with Crippen molar-refractivity contribution >= 4 is 11.3 Å². The van der Waals surface area contributed by atoms with Gasteiger partial charge in [0.2, 0.25) is 0 Å². The SMILES string of the molecule is CN1CCC(O)(c2csc(CN3CCc4ccccc4C3)n2)CC1. The number of benzene rings is 1. The lowest BCUT2D eigenvalue weighted by Crippen LogP contribution is -2.41. The number of piperidine rings is 1. The van der Waals surface area contributed by atoms with Crippen LogP contribution in [0.4, 0.5) is 0 Å². The number of hydrogen-bond donors (Lipinski definition) is 1. The van der Waals surface area contributed by atoms with Gasteiger partial charge in [0.15, 0.2) is 0 Å². The first-order valence-corrected chi connectivity index (χ1v) is 9.65. The van der Waals surface area contributed by atoms with E-state index in [1.54, 1.807) is 11.3 Å². The van der Waals surface area contributed by atoms with Gasteiger partial charge in [0.25, 0.3) is 0 Å². The maximum Gasteiger partial charge on any atom is 0.110 e. The third-order valence-corrected chi connectivity index (χ3v) is 6.24. The second-order valence-corrected chi connectivity index (χ2v) is 8.13. The van der Waals surface area contributed by atoms with Gasteiger partial charge in [-0.3, -0.25) is 4.90 Å². The van der Waals surface area contributed by atoms with Crippen molar-refractivity contribution in [1.29, 1.82) is 0 Å². The summed E-state index contributed by atoms with van der Waals surface area (Å²) in [7, 11) is 2.11. The average Bonchev–Trinajstić information content (AvgIpc) is 3.07. The number of rotatable bonds is 3. The number of fused-ring (bicyclic) bond motifs is 1. The molecule has 1 aromatic heterocycles. The summed E-state index contributed by atoms with van der Waals surface area (Å²) >= 11 is 1.69. The van der Waals surface area contributed by atoms with Crippen molar-refractivity contribution in [3.8, 4) is 0 Å². The van der Waals surface area contributed by atoms with E-state index in [1.807, 2.05) is 0 Å². The van der Waals surface area contributed by atoms with Crippen LogP contribution in [0.1, 0.15) is 34.7 Å². The van der Waals surface area contributed by atoms with Gasteiger partial charge >= 0.3 is 0 Å². The van der Waals surface area contributed by atoms with Crippen LogP contribution in [-0.2, 0) is 25.1 Å². The van der Waals surface area contributed by atoms with Gasteiger partial charge in [0, 0.05) is 31.6 Å². The summed E-state index contributed by atoms with van der Waals surface area (Å²) < 4.78 is 0. The highest BCUT2D eigenvalue weighted by molar-refractivity contribution is 7.09. The number of nitrogens with zero attached hydrogens (tertiary/aromatic N) is 3. The van der Waals surface area contributed by atoms with E-state index in [0.29, 0.717) is 0 Å². The van der Waals surface area contributed by atoms with Crippen LogP contribution in [0.3, 0.4) is 0 Å². The molecule has 128 valence electrons. The molecule has 1 aromatic carbocycles. The molecule has 0 radical (unpaired) electrons. The highest BCUT2D eigenvalue weighted by atomic mass is 32.1. The van der Waals surface area contributed by atoms with Crippen molar-refractivity contribution in [3.63, 3.8) is 0 Å². The summed E-state index contributed by atoms with van der Waals surface area (Å²) in [5, 5.41) is 14.1. The van der Waals surface area contributed by atoms with Crippen molar-refractivity contribution in [2.45, 2.75) is 38.0 Å². The minimum Gasteiger partial charge on any atom is -0.383 e. The van der Waals surface area contributed by atoms with Crippen molar-refractivity contribution in [2.75, 3.05) is 26.7 Å². The molecule has 2 aliphatic heterocycles. The van der Waals surface area contributed by atoms with Crippen molar-refractivity contribution < 1.29 is 5.11 Å². The number of aliphatic hydroxyl groups is 1. The van der Waals surface area contributed by atoms with E-state index in [1.165, 1.54) is 11.1 Å². The Labute approximate surface area is 147 Å². The van der Waals surface area contributed by atoms with E-state index >= 15 is 0 Å². The van der Waals surface area contributed by atoms with Crippen LogP contribution in [-0.4, -0.2) is 46.6 Å². The van der Waals surface area contributed by atoms with Crippen LogP contribution in [0.15, 0.2) is 29.6 Å².